The van der Waals surface area contributed by atoms with E-state index in [1.807, 2.05) is 51.1 Å². The number of methoxy groups -OCH3 is 1. The van der Waals surface area contributed by atoms with E-state index in [0.29, 0.717) is 12.8 Å². The predicted octanol–water partition coefficient (Wildman–Crippen LogP) is 2.96. The third-order valence-corrected chi connectivity index (χ3v) is 3.10. The van der Waals surface area contributed by atoms with E-state index in [9.17, 15) is 9.59 Å². The number of ether oxygens (including phenoxy) is 1. The van der Waals surface area contributed by atoms with Crippen LogP contribution in [-0.4, -0.2) is 25.0 Å². The lowest BCUT2D eigenvalue weighted by Gasteiger charge is -2.22. The van der Waals surface area contributed by atoms with Gasteiger partial charge in [0.05, 0.1) is 7.11 Å². The molecule has 0 heterocycles. The summed E-state index contributed by atoms with van der Waals surface area (Å²) >= 11 is 0. The number of alkyl carbamates (subject to hydrolysis) is 1. The van der Waals surface area contributed by atoms with Crippen LogP contribution in [-0.2, 0) is 16.0 Å². The van der Waals surface area contributed by atoms with Crippen LogP contribution < -0.4 is 5.32 Å². The first kappa shape index (κ1) is 16.2. The van der Waals surface area contributed by atoms with Gasteiger partial charge in [-0.25, -0.2) is 4.79 Å². The number of benzene rings is 1. The number of nitrogens with one attached hydrogen (secondary N) is 1. The van der Waals surface area contributed by atoms with E-state index in [4.69, 9.17) is 0 Å². The summed E-state index contributed by atoms with van der Waals surface area (Å²) in [4.78, 5) is 23.5. The summed E-state index contributed by atoms with van der Waals surface area (Å²) in [6.45, 7) is 5.65. The molecule has 0 saturated carbocycles. The van der Waals surface area contributed by atoms with Crippen molar-refractivity contribution in [2.24, 2.45) is 5.41 Å². The molecule has 4 heteroatoms. The fraction of sp³-hybridized carbons (Fsp3) is 0.500. The number of carbonyl (C=O) groups is 2. The van der Waals surface area contributed by atoms with Gasteiger partial charge in [0.2, 0.25) is 0 Å². The van der Waals surface area contributed by atoms with E-state index >= 15 is 0 Å². The lowest BCUT2D eigenvalue weighted by molar-refractivity contribution is -0.126. The van der Waals surface area contributed by atoms with Gasteiger partial charge in [0, 0.05) is 17.9 Å². The quantitative estimate of drug-likeness (QED) is 0.900. The summed E-state index contributed by atoms with van der Waals surface area (Å²) in [6.07, 6.45) is 0.401. The fourth-order valence-corrected chi connectivity index (χ4v) is 1.83. The van der Waals surface area contributed by atoms with Crippen molar-refractivity contribution in [3.05, 3.63) is 35.9 Å². The van der Waals surface area contributed by atoms with Crippen LogP contribution in [0, 0.1) is 5.41 Å². The third-order valence-electron chi connectivity index (χ3n) is 3.10. The van der Waals surface area contributed by atoms with Crippen LogP contribution >= 0.6 is 0 Å². The second-order valence-corrected chi connectivity index (χ2v) is 5.90. The van der Waals surface area contributed by atoms with Crippen LogP contribution in [0.25, 0.3) is 0 Å². The fourth-order valence-electron chi connectivity index (χ4n) is 1.83. The van der Waals surface area contributed by atoms with Gasteiger partial charge in [0.25, 0.3) is 0 Å². The van der Waals surface area contributed by atoms with Crippen LogP contribution in [0.3, 0.4) is 0 Å². The molecule has 0 unspecified atom stereocenters. The number of rotatable bonds is 5. The van der Waals surface area contributed by atoms with Crippen molar-refractivity contribution in [2.75, 3.05) is 7.11 Å². The summed E-state index contributed by atoms with van der Waals surface area (Å²) < 4.78 is 4.62. The molecule has 1 amide bonds. The van der Waals surface area contributed by atoms with Gasteiger partial charge in [-0.3, -0.25) is 4.79 Å². The summed E-state index contributed by atoms with van der Waals surface area (Å²) in [6, 6.07) is 9.52. The molecule has 20 heavy (non-hydrogen) atoms. The normalized spacial score (nSPS) is 12.6. The highest BCUT2D eigenvalue weighted by Crippen LogP contribution is 2.19. The van der Waals surface area contributed by atoms with Gasteiger partial charge in [0.1, 0.15) is 5.78 Å². The molecule has 0 aromatic heterocycles. The minimum atomic E-state index is -0.507. The molecule has 0 radical (unpaired) electrons. The summed E-state index contributed by atoms with van der Waals surface area (Å²) in [7, 11) is 1.32. The van der Waals surface area contributed by atoms with E-state index in [-0.39, 0.29) is 11.8 Å². The molecule has 0 aliphatic carbocycles. The number of hydrogen-bond donors (Lipinski definition) is 1. The predicted molar refractivity (Wildman–Crippen MR) is 78.6 cm³/mol. The van der Waals surface area contributed by atoms with E-state index in [1.165, 1.54) is 7.11 Å². The third kappa shape index (κ3) is 5.43. The van der Waals surface area contributed by atoms with Crippen molar-refractivity contribution in [3.63, 3.8) is 0 Å². The SMILES string of the molecule is COC(=O)N[C@H](CC(=O)C(C)(C)C)Cc1ccccc1. The van der Waals surface area contributed by atoms with Gasteiger partial charge >= 0.3 is 6.09 Å². The Bertz CT molecular complexity index is 449. The first-order chi connectivity index (χ1) is 9.32. The minimum Gasteiger partial charge on any atom is -0.453 e. The maximum Gasteiger partial charge on any atom is 0.407 e. The van der Waals surface area contributed by atoms with Crippen molar-refractivity contribution in [2.45, 2.75) is 39.7 Å². The Hall–Kier alpha value is -1.84. The first-order valence-corrected chi connectivity index (χ1v) is 6.74. The van der Waals surface area contributed by atoms with Crippen LogP contribution in [0.2, 0.25) is 0 Å². The highest BCUT2D eigenvalue weighted by molar-refractivity contribution is 5.84. The molecular weight excluding hydrogens is 254 g/mol. The zero-order valence-electron chi connectivity index (χ0n) is 12.6. The number of ketones is 1. The Morgan fingerprint density at radius 2 is 1.80 bits per heavy atom. The summed E-state index contributed by atoms with van der Waals surface area (Å²) in [5.41, 5.74) is 0.669. The molecule has 1 aromatic rings. The standard InChI is InChI=1S/C16H23NO3/c1-16(2,3)14(18)11-13(17-15(19)20-4)10-12-8-6-5-7-9-12/h5-9,13H,10-11H2,1-4H3,(H,17,19)/t13-/m0/s1. The van der Waals surface area contributed by atoms with Crippen LogP contribution in [0.15, 0.2) is 30.3 Å². The number of amides is 1. The Balaban J connectivity index is 2.75. The lowest BCUT2D eigenvalue weighted by atomic mass is 9.86. The number of hydrogen-bond acceptors (Lipinski definition) is 3. The van der Waals surface area contributed by atoms with Gasteiger partial charge in [0.15, 0.2) is 0 Å². The Labute approximate surface area is 120 Å². The molecule has 1 rings (SSSR count). The van der Waals surface area contributed by atoms with E-state index < -0.39 is 11.5 Å². The van der Waals surface area contributed by atoms with Gasteiger partial charge in [-0.05, 0) is 12.0 Å². The molecule has 1 N–H and O–H groups in total. The lowest BCUT2D eigenvalue weighted by Crippen LogP contribution is -2.40. The molecule has 0 aliphatic heterocycles. The van der Waals surface area contributed by atoms with Gasteiger partial charge < -0.3 is 10.1 Å². The van der Waals surface area contributed by atoms with E-state index in [0.717, 1.165) is 5.56 Å². The van der Waals surface area contributed by atoms with Crippen molar-refractivity contribution >= 4 is 11.9 Å². The molecular formula is C16H23NO3. The number of carbonyl (C=O) groups excluding carboxylic acids is 2. The largest absolute Gasteiger partial charge is 0.453 e. The summed E-state index contributed by atoms with van der Waals surface area (Å²) in [5.74, 6) is 0.120. The zero-order valence-corrected chi connectivity index (χ0v) is 12.6. The smallest absolute Gasteiger partial charge is 0.407 e. The van der Waals surface area contributed by atoms with E-state index in [1.54, 1.807) is 0 Å². The Kier molecular flexibility index (Phi) is 5.74. The van der Waals surface area contributed by atoms with Crippen LogP contribution in [0.1, 0.15) is 32.8 Å². The minimum absolute atomic E-state index is 0.120. The summed E-state index contributed by atoms with van der Waals surface area (Å²) in [5, 5.41) is 2.74. The molecule has 0 spiro atoms. The zero-order chi connectivity index (χ0) is 15.2. The van der Waals surface area contributed by atoms with Gasteiger partial charge in [-0.1, -0.05) is 51.1 Å². The molecule has 4 nitrogen and oxygen atoms in total. The van der Waals surface area contributed by atoms with Gasteiger partial charge in [-0.2, -0.15) is 0 Å². The maximum atomic E-state index is 12.1. The molecule has 0 aliphatic rings. The molecule has 0 bridgehead atoms. The molecule has 0 saturated heterocycles. The molecule has 1 aromatic carbocycles. The Morgan fingerprint density at radius 1 is 1.20 bits per heavy atom. The monoisotopic (exact) mass is 277 g/mol. The second kappa shape index (κ2) is 7.08. The maximum absolute atomic E-state index is 12.1. The topological polar surface area (TPSA) is 55.4 Å². The number of Topliss-reactive ketones (excluding diaryl/α,β-unsaturated/α-hetero) is 1. The van der Waals surface area contributed by atoms with Crippen molar-refractivity contribution in [3.8, 4) is 0 Å². The second-order valence-electron chi connectivity index (χ2n) is 5.90. The Morgan fingerprint density at radius 3 is 2.30 bits per heavy atom. The van der Waals surface area contributed by atoms with Crippen molar-refractivity contribution in [1.82, 2.24) is 5.32 Å². The molecule has 110 valence electrons. The highest BCUT2D eigenvalue weighted by Gasteiger charge is 2.25. The van der Waals surface area contributed by atoms with Crippen LogP contribution in [0.4, 0.5) is 4.79 Å². The van der Waals surface area contributed by atoms with Crippen molar-refractivity contribution < 1.29 is 14.3 Å². The van der Waals surface area contributed by atoms with E-state index in [2.05, 4.69) is 10.1 Å². The highest BCUT2D eigenvalue weighted by atomic mass is 16.5. The average molecular weight is 277 g/mol. The van der Waals surface area contributed by atoms with Crippen LogP contribution in [0.5, 0.6) is 0 Å². The molecule has 1 atom stereocenters. The van der Waals surface area contributed by atoms with Gasteiger partial charge in [-0.15, -0.1) is 0 Å². The first-order valence-electron chi connectivity index (χ1n) is 6.74. The average Bonchev–Trinajstić information content (AvgIpc) is 2.38. The molecule has 0 fully saturated rings. The van der Waals surface area contributed by atoms with Crippen molar-refractivity contribution in [1.29, 1.82) is 0 Å².